The molecule has 0 bridgehead atoms. The van der Waals surface area contributed by atoms with Crippen LogP contribution < -0.4 is 9.47 Å². The largest absolute Gasteiger partial charge is 0.491 e. The standard InChI is InChI=1S/C33H42F2N2O3/c1-4-6-8-9-10-11-21-33(3,35)32(38)40-30-19-13-25(14-20-30)27-22-36-31(37-23-27)26-15-17-29(18-16-26)39-24-28(34)12-7-5-2/h13-20,22-23,28H,4-12,21,24H2,1-3H3/t28-,33+/m1/s1. The van der Waals surface area contributed by atoms with Crippen molar-refractivity contribution in [3.05, 3.63) is 60.9 Å². The zero-order valence-electron chi connectivity index (χ0n) is 24.0. The Bertz CT molecular complexity index is 1150. The molecule has 0 N–H and O–H groups in total. The molecule has 1 aromatic heterocycles. The third kappa shape index (κ3) is 10.00. The van der Waals surface area contributed by atoms with E-state index < -0.39 is 17.8 Å². The number of esters is 1. The lowest BCUT2D eigenvalue weighted by Crippen LogP contribution is -2.34. The molecule has 3 aromatic rings. The summed E-state index contributed by atoms with van der Waals surface area (Å²) in [5.41, 5.74) is 0.441. The van der Waals surface area contributed by atoms with Crippen LogP contribution in [0.5, 0.6) is 11.5 Å². The first kappa shape index (κ1) is 31.2. The molecule has 2 atom stereocenters. The van der Waals surface area contributed by atoms with E-state index in [1.54, 1.807) is 48.8 Å². The number of carbonyl (C=O) groups excluding carboxylic acids is 1. The molecule has 0 saturated heterocycles. The zero-order valence-corrected chi connectivity index (χ0v) is 24.0. The van der Waals surface area contributed by atoms with E-state index in [9.17, 15) is 13.6 Å². The Balaban J connectivity index is 1.51. The zero-order chi connectivity index (χ0) is 28.8. The van der Waals surface area contributed by atoms with Crippen LogP contribution in [0.4, 0.5) is 8.78 Å². The Hall–Kier alpha value is -3.35. The molecule has 0 unspecified atom stereocenters. The molecule has 0 spiro atoms. The first-order chi connectivity index (χ1) is 19.3. The molecule has 0 aliphatic rings. The predicted octanol–water partition coefficient (Wildman–Crippen LogP) is 9.10. The minimum Gasteiger partial charge on any atom is -0.491 e. The van der Waals surface area contributed by atoms with Crippen molar-refractivity contribution < 1.29 is 23.0 Å². The topological polar surface area (TPSA) is 61.3 Å². The normalized spacial score (nSPS) is 13.4. The highest BCUT2D eigenvalue weighted by molar-refractivity contribution is 5.81. The highest BCUT2D eigenvalue weighted by Crippen LogP contribution is 2.27. The summed E-state index contributed by atoms with van der Waals surface area (Å²) in [6.07, 6.45) is 11.1. The molecule has 216 valence electrons. The number of hydrogen-bond acceptors (Lipinski definition) is 5. The van der Waals surface area contributed by atoms with Crippen LogP contribution >= 0.6 is 0 Å². The van der Waals surface area contributed by atoms with Crippen LogP contribution in [0.3, 0.4) is 0 Å². The van der Waals surface area contributed by atoms with Gasteiger partial charge in [0, 0.05) is 23.5 Å². The van der Waals surface area contributed by atoms with Crippen molar-refractivity contribution in [2.45, 2.75) is 96.8 Å². The lowest BCUT2D eigenvalue weighted by Gasteiger charge is -2.18. The van der Waals surface area contributed by atoms with Crippen LogP contribution in [0.25, 0.3) is 22.5 Å². The lowest BCUT2D eigenvalue weighted by molar-refractivity contribution is -0.147. The van der Waals surface area contributed by atoms with Crippen LogP contribution in [0, 0.1) is 0 Å². The van der Waals surface area contributed by atoms with Crippen LogP contribution in [-0.2, 0) is 4.79 Å². The van der Waals surface area contributed by atoms with Gasteiger partial charge in [0.15, 0.2) is 5.82 Å². The van der Waals surface area contributed by atoms with Gasteiger partial charge in [0.2, 0.25) is 5.67 Å². The summed E-state index contributed by atoms with van der Waals surface area (Å²) in [7, 11) is 0. The molecule has 0 saturated carbocycles. The summed E-state index contributed by atoms with van der Waals surface area (Å²) in [5, 5.41) is 0. The molecule has 2 aromatic carbocycles. The number of aromatic nitrogens is 2. The van der Waals surface area contributed by atoms with Crippen molar-refractivity contribution in [2.24, 2.45) is 0 Å². The van der Waals surface area contributed by atoms with E-state index in [0.29, 0.717) is 30.2 Å². The van der Waals surface area contributed by atoms with E-state index in [-0.39, 0.29) is 13.0 Å². The van der Waals surface area contributed by atoms with Gasteiger partial charge in [-0.2, -0.15) is 0 Å². The molecule has 0 amide bonds. The Morgan fingerprint density at radius 1 is 0.800 bits per heavy atom. The van der Waals surface area contributed by atoms with Gasteiger partial charge in [-0.05, 0) is 68.1 Å². The second-order valence-corrected chi connectivity index (χ2v) is 10.5. The Labute approximate surface area is 237 Å². The Morgan fingerprint density at radius 2 is 1.38 bits per heavy atom. The molecule has 3 rings (SSSR count). The number of unbranched alkanes of at least 4 members (excludes halogenated alkanes) is 6. The average Bonchev–Trinajstić information content (AvgIpc) is 2.97. The number of rotatable bonds is 17. The third-order valence-electron chi connectivity index (χ3n) is 6.89. The second-order valence-electron chi connectivity index (χ2n) is 10.5. The molecule has 7 heteroatoms. The van der Waals surface area contributed by atoms with Gasteiger partial charge in [0.25, 0.3) is 0 Å². The van der Waals surface area contributed by atoms with Gasteiger partial charge in [0.1, 0.15) is 24.3 Å². The van der Waals surface area contributed by atoms with Crippen molar-refractivity contribution in [3.63, 3.8) is 0 Å². The van der Waals surface area contributed by atoms with Crippen molar-refractivity contribution in [1.29, 1.82) is 0 Å². The van der Waals surface area contributed by atoms with E-state index in [1.807, 2.05) is 19.1 Å². The van der Waals surface area contributed by atoms with Gasteiger partial charge in [0.05, 0.1) is 0 Å². The van der Waals surface area contributed by atoms with Gasteiger partial charge in [-0.1, -0.05) is 70.9 Å². The van der Waals surface area contributed by atoms with Crippen LogP contribution in [0.15, 0.2) is 60.9 Å². The van der Waals surface area contributed by atoms with Crippen molar-refractivity contribution in [2.75, 3.05) is 6.61 Å². The molecule has 0 aliphatic heterocycles. The third-order valence-corrected chi connectivity index (χ3v) is 6.89. The van der Waals surface area contributed by atoms with Crippen molar-refractivity contribution in [1.82, 2.24) is 9.97 Å². The van der Waals surface area contributed by atoms with E-state index in [1.165, 1.54) is 19.8 Å². The quantitative estimate of drug-likeness (QED) is 0.0949. The van der Waals surface area contributed by atoms with Crippen LogP contribution in [-0.4, -0.2) is 34.4 Å². The highest BCUT2D eigenvalue weighted by Gasteiger charge is 2.34. The summed E-state index contributed by atoms with van der Waals surface area (Å²) in [4.78, 5) is 21.4. The van der Waals surface area contributed by atoms with E-state index >= 15 is 0 Å². The number of benzene rings is 2. The number of hydrogen-bond donors (Lipinski definition) is 0. The first-order valence-corrected chi connectivity index (χ1v) is 14.5. The maximum Gasteiger partial charge on any atom is 0.348 e. The summed E-state index contributed by atoms with van der Waals surface area (Å²) in [6, 6.07) is 14.1. The molecule has 40 heavy (non-hydrogen) atoms. The molecule has 0 aliphatic carbocycles. The minimum atomic E-state index is -2.01. The fraction of sp³-hybridized carbons (Fsp3) is 0.485. The van der Waals surface area contributed by atoms with Crippen molar-refractivity contribution >= 4 is 5.97 Å². The minimum absolute atomic E-state index is 0.0504. The van der Waals surface area contributed by atoms with E-state index in [2.05, 4.69) is 16.9 Å². The summed E-state index contributed by atoms with van der Waals surface area (Å²) in [5.74, 6) is 0.597. The van der Waals surface area contributed by atoms with E-state index in [4.69, 9.17) is 9.47 Å². The first-order valence-electron chi connectivity index (χ1n) is 14.5. The van der Waals surface area contributed by atoms with Gasteiger partial charge < -0.3 is 9.47 Å². The number of carbonyl (C=O) groups is 1. The molecule has 0 fully saturated rings. The van der Waals surface area contributed by atoms with Gasteiger partial charge in [-0.3, -0.25) is 0 Å². The summed E-state index contributed by atoms with van der Waals surface area (Å²) >= 11 is 0. The molecule has 1 heterocycles. The van der Waals surface area contributed by atoms with Crippen molar-refractivity contribution in [3.8, 4) is 34.0 Å². The maximum atomic E-state index is 14.9. The summed E-state index contributed by atoms with van der Waals surface area (Å²) in [6.45, 7) is 5.54. The number of nitrogens with zero attached hydrogens (tertiary/aromatic N) is 2. The average molecular weight is 553 g/mol. The fourth-order valence-corrected chi connectivity index (χ4v) is 4.29. The predicted molar refractivity (Wildman–Crippen MR) is 156 cm³/mol. The molecular weight excluding hydrogens is 510 g/mol. The molecule has 0 radical (unpaired) electrons. The lowest BCUT2D eigenvalue weighted by atomic mass is 9.99. The number of alkyl halides is 2. The SMILES string of the molecule is CCCCCCCC[C@](C)(F)C(=O)Oc1ccc(-c2cnc(-c3ccc(OC[C@H](F)CCCC)cc3)nc2)cc1. The Kier molecular flexibility index (Phi) is 12.5. The number of ether oxygens (including phenoxy) is 2. The van der Waals surface area contributed by atoms with Gasteiger partial charge >= 0.3 is 5.97 Å². The smallest absolute Gasteiger partial charge is 0.348 e. The van der Waals surface area contributed by atoms with Gasteiger partial charge in [-0.15, -0.1) is 0 Å². The summed E-state index contributed by atoms with van der Waals surface area (Å²) < 4.78 is 39.6. The van der Waals surface area contributed by atoms with Crippen LogP contribution in [0.2, 0.25) is 0 Å². The highest BCUT2D eigenvalue weighted by atomic mass is 19.1. The maximum absolute atomic E-state index is 14.9. The van der Waals surface area contributed by atoms with Gasteiger partial charge in [-0.25, -0.2) is 23.5 Å². The second kappa shape index (κ2) is 16.0. The monoisotopic (exact) mass is 552 g/mol. The molecular formula is C33H42F2N2O3. The Morgan fingerprint density at radius 3 is 2.02 bits per heavy atom. The number of halogens is 2. The van der Waals surface area contributed by atoms with E-state index in [0.717, 1.165) is 48.8 Å². The van der Waals surface area contributed by atoms with Crippen LogP contribution in [0.1, 0.15) is 85.0 Å². The fourth-order valence-electron chi connectivity index (χ4n) is 4.29. The molecule has 5 nitrogen and oxygen atoms in total.